The molecule has 1 rings (SSSR count). The number of hydrogen-bond donors (Lipinski definition) is 2. The average Bonchev–Trinajstić information content (AvgIpc) is 2.57. The quantitative estimate of drug-likeness (QED) is 0.657. The fourth-order valence-electron chi connectivity index (χ4n) is 2.03. The van der Waals surface area contributed by atoms with Crippen LogP contribution in [0.2, 0.25) is 0 Å². The van der Waals surface area contributed by atoms with E-state index in [9.17, 15) is 0 Å². The maximum Gasteiger partial charge on any atom is 0.00386 e. The van der Waals surface area contributed by atoms with Gasteiger partial charge < -0.3 is 10.6 Å². The first kappa shape index (κ1) is 11.0. The molecule has 2 atom stereocenters. The second-order valence-electron chi connectivity index (χ2n) is 4.29. The Labute approximate surface area is 82.5 Å². The van der Waals surface area contributed by atoms with E-state index in [1.54, 1.807) is 0 Å². The lowest BCUT2D eigenvalue weighted by Gasteiger charge is -2.14. The summed E-state index contributed by atoms with van der Waals surface area (Å²) in [6, 6.07) is 0.708. The summed E-state index contributed by atoms with van der Waals surface area (Å²) in [4.78, 5) is 0. The highest BCUT2D eigenvalue weighted by Crippen LogP contribution is 2.11. The van der Waals surface area contributed by atoms with Gasteiger partial charge in [0.25, 0.3) is 0 Å². The van der Waals surface area contributed by atoms with Gasteiger partial charge in [0.2, 0.25) is 0 Å². The number of nitrogens with one attached hydrogen (secondary N) is 2. The Morgan fingerprint density at radius 3 is 3.00 bits per heavy atom. The first-order valence-corrected chi connectivity index (χ1v) is 5.77. The third-order valence-electron chi connectivity index (χ3n) is 2.93. The Bertz CT molecular complexity index is 119. The average molecular weight is 184 g/mol. The van der Waals surface area contributed by atoms with E-state index in [1.165, 1.54) is 45.3 Å². The van der Waals surface area contributed by atoms with Crippen LogP contribution in [0, 0.1) is 5.92 Å². The van der Waals surface area contributed by atoms with Gasteiger partial charge in [-0.3, -0.25) is 0 Å². The first-order valence-electron chi connectivity index (χ1n) is 5.77. The van der Waals surface area contributed by atoms with Crippen LogP contribution >= 0.6 is 0 Å². The molecule has 2 heteroatoms. The van der Waals surface area contributed by atoms with E-state index in [1.807, 2.05) is 0 Å². The molecule has 0 bridgehead atoms. The van der Waals surface area contributed by atoms with Crippen LogP contribution in [0.5, 0.6) is 0 Å². The Hall–Kier alpha value is -0.0800. The molecule has 1 heterocycles. The molecule has 0 aromatic carbocycles. The van der Waals surface area contributed by atoms with E-state index in [0.29, 0.717) is 6.04 Å². The second-order valence-corrected chi connectivity index (χ2v) is 4.29. The Morgan fingerprint density at radius 2 is 2.38 bits per heavy atom. The van der Waals surface area contributed by atoms with Gasteiger partial charge in [-0.05, 0) is 51.7 Å². The summed E-state index contributed by atoms with van der Waals surface area (Å²) in [5.41, 5.74) is 0. The van der Waals surface area contributed by atoms with Crippen LogP contribution < -0.4 is 10.6 Å². The molecule has 1 saturated heterocycles. The van der Waals surface area contributed by atoms with Gasteiger partial charge in [0.1, 0.15) is 0 Å². The van der Waals surface area contributed by atoms with Crippen molar-refractivity contribution in [2.75, 3.05) is 19.6 Å². The molecular formula is C11H24N2. The van der Waals surface area contributed by atoms with Crippen molar-refractivity contribution >= 4 is 0 Å². The van der Waals surface area contributed by atoms with Crippen LogP contribution in [0.4, 0.5) is 0 Å². The zero-order valence-electron chi connectivity index (χ0n) is 9.10. The van der Waals surface area contributed by atoms with Crippen molar-refractivity contribution < 1.29 is 0 Å². The Balaban J connectivity index is 1.93. The third-order valence-corrected chi connectivity index (χ3v) is 2.93. The van der Waals surface area contributed by atoms with Crippen LogP contribution in [0.15, 0.2) is 0 Å². The summed E-state index contributed by atoms with van der Waals surface area (Å²) < 4.78 is 0. The molecule has 13 heavy (non-hydrogen) atoms. The molecule has 2 nitrogen and oxygen atoms in total. The monoisotopic (exact) mass is 184 g/mol. The molecule has 0 saturated carbocycles. The zero-order chi connectivity index (χ0) is 9.52. The van der Waals surface area contributed by atoms with Crippen molar-refractivity contribution in [3.63, 3.8) is 0 Å². The molecule has 2 N–H and O–H groups in total. The molecular weight excluding hydrogens is 160 g/mol. The van der Waals surface area contributed by atoms with E-state index in [4.69, 9.17) is 0 Å². The van der Waals surface area contributed by atoms with Crippen molar-refractivity contribution in [3.8, 4) is 0 Å². The zero-order valence-corrected chi connectivity index (χ0v) is 9.10. The van der Waals surface area contributed by atoms with Gasteiger partial charge in [0, 0.05) is 6.04 Å². The number of rotatable bonds is 6. The minimum absolute atomic E-state index is 0.708. The molecule has 78 valence electrons. The van der Waals surface area contributed by atoms with E-state index < -0.39 is 0 Å². The highest BCUT2D eigenvalue weighted by molar-refractivity contribution is 4.72. The third kappa shape index (κ3) is 4.63. The largest absolute Gasteiger partial charge is 0.316 e. The van der Waals surface area contributed by atoms with E-state index >= 15 is 0 Å². The smallest absolute Gasteiger partial charge is 0.00386 e. The Morgan fingerprint density at radius 1 is 1.54 bits per heavy atom. The van der Waals surface area contributed by atoms with Crippen molar-refractivity contribution in [2.45, 2.75) is 45.6 Å². The van der Waals surface area contributed by atoms with Crippen molar-refractivity contribution in [1.82, 2.24) is 10.6 Å². The van der Waals surface area contributed by atoms with Crippen molar-refractivity contribution in [1.29, 1.82) is 0 Å². The molecule has 0 aliphatic carbocycles. The topological polar surface area (TPSA) is 24.1 Å². The Kier molecular flexibility index (Phi) is 5.40. The van der Waals surface area contributed by atoms with Crippen molar-refractivity contribution in [2.24, 2.45) is 5.92 Å². The van der Waals surface area contributed by atoms with Gasteiger partial charge in [0.15, 0.2) is 0 Å². The highest BCUT2D eigenvalue weighted by Gasteiger charge is 2.13. The summed E-state index contributed by atoms with van der Waals surface area (Å²) in [6.45, 7) is 8.21. The number of hydrogen-bond acceptors (Lipinski definition) is 2. The minimum atomic E-state index is 0.708. The normalized spacial score (nSPS) is 24.9. The van der Waals surface area contributed by atoms with E-state index in [-0.39, 0.29) is 0 Å². The summed E-state index contributed by atoms with van der Waals surface area (Å²) in [6.07, 6.45) is 5.33. The predicted molar refractivity (Wildman–Crippen MR) is 58.0 cm³/mol. The van der Waals surface area contributed by atoms with Gasteiger partial charge in [-0.2, -0.15) is 0 Å². The van der Waals surface area contributed by atoms with E-state index in [2.05, 4.69) is 24.5 Å². The molecule has 0 spiro atoms. The summed E-state index contributed by atoms with van der Waals surface area (Å²) >= 11 is 0. The van der Waals surface area contributed by atoms with Crippen LogP contribution in [-0.4, -0.2) is 25.7 Å². The lowest BCUT2D eigenvalue weighted by Crippen LogP contribution is -2.28. The van der Waals surface area contributed by atoms with Gasteiger partial charge in [-0.25, -0.2) is 0 Å². The molecule has 1 aliphatic rings. The SMILES string of the molecule is CCCC(C)NCCC1CCNC1. The van der Waals surface area contributed by atoms with Crippen LogP contribution in [-0.2, 0) is 0 Å². The summed E-state index contributed by atoms with van der Waals surface area (Å²) in [7, 11) is 0. The van der Waals surface area contributed by atoms with Crippen LogP contribution in [0.1, 0.15) is 39.5 Å². The molecule has 1 aliphatic heterocycles. The molecule has 0 aromatic rings. The second kappa shape index (κ2) is 6.39. The highest BCUT2D eigenvalue weighted by atomic mass is 14.9. The maximum atomic E-state index is 3.58. The molecule has 2 unspecified atom stereocenters. The fraction of sp³-hybridized carbons (Fsp3) is 1.00. The van der Waals surface area contributed by atoms with Gasteiger partial charge >= 0.3 is 0 Å². The fourth-order valence-corrected chi connectivity index (χ4v) is 2.03. The van der Waals surface area contributed by atoms with Gasteiger partial charge in [-0.15, -0.1) is 0 Å². The predicted octanol–water partition coefficient (Wildman–Crippen LogP) is 1.76. The molecule has 0 aromatic heterocycles. The lowest BCUT2D eigenvalue weighted by molar-refractivity contribution is 0.450. The van der Waals surface area contributed by atoms with Gasteiger partial charge in [-0.1, -0.05) is 13.3 Å². The first-order chi connectivity index (χ1) is 6.33. The molecule has 0 amide bonds. The van der Waals surface area contributed by atoms with Gasteiger partial charge in [0.05, 0.1) is 0 Å². The van der Waals surface area contributed by atoms with E-state index in [0.717, 1.165) is 5.92 Å². The standard InChI is InChI=1S/C11H24N2/c1-3-4-10(2)13-8-6-11-5-7-12-9-11/h10-13H,3-9H2,1-2H3. The molecule has 1 fully saturated rings. The van der Waals surface area contributed by atoms with Crippen LogP contribution in [0.3, 0.4) is 0 Å². The molecule has 0 radical (unpaired) electrons. The maximum absolute atomic E-state index is 3.58. The van der Waals surface area contributed by atoms with Crippen LogP contribution in [0.25, 0.3) is 0 Å². The summed E-state index contributed by atoms with van der Waals surface area (Å²) in [5, 5.41) is 6.99. The minimum Gasteiger partial charge on any atom is -0.316 e. The summed E-state index contributed by atoms with van der Waals surface area (Å²) in [5.74, 6) is 0.932. The van der Waals surface area contributed by atoms with Crippen molar-refractivity contribution in [3.05, 3.63) is 0 Å². The lowest BCUT2D eigenvalue weighted by atomic mass is 10.0.